The SMILES string of the molecule is CCCCCC[C@H](NC(=O)[C@H]1CCCN1C(=O)[C@@H](NC(=O)[C@@H](NC(=O)[C@H](CCC(=O)O)NC(=O)[C@@H](N)CC(=O)O)C(C)C)C(C)C)B1O[C@@H]2C[C@@H]3C[C@@H](C3(C)C)[C@]2(C)O1. The van der Waals surface area contributed by atoms with Gasteiger partial charge in [-0.2, -0.15) is 0 Å². The van der Waals surface area contributed by atoms with Crippen LogP contribution in [0.3, 0.4) is 0 Å². The van der Waals surface area contributed by atoms with Crippen molar-refractivity contribution < 1.29 is 53.1 Å². The maximum Gasteiger partial charge on any atom is 0.481 e. The number of carbonyl (C=O) groups excluding carboxylic acids is 5. The van der Waals surface area contributed by atoms with Crippen LogP contribution in [0.5, 0.6) is 0 Å². The number of carbonyl (C=O) groups is 7. The number of nitrogens with two attached hydrogens (primary N) is 1. The van der Waals surface area contributed by atoms with Gasteiger partial charge in [-0.15, -0.1) is 0 Å². The molecule has 8 N–H and O–H groups in total. The van der Waals surface area contributed by atoms with Gasteiger partial charge in [-0.1, -0.05) is 74.1 Å². The number of hydrogen-bond donors (Lipinski definition) is 7. The zero-order chi connectivity index (χ0) is 44.0. The summed E-state index contributed by atoms with van der Waals surface area (Å²) in [7, 11) is -0.610. The fourth-order valence-corrected chi connectivity index (χ4v) is 9.54. The van der Waals surface area contributed by atoms with Crippen molar-refractivity contribution in [1.29, 1.82) is 0 Å². The second kappa shape index (κ2) is 20.2. The molecule has 2 heterocycles. The third-order valence-corrected chi connectivity index (χ3v) is 13.3. The average Bonchev–Trinajstić information content (AvgIpc) is 3.79. The van der Waals surface area contributed by atoms with Crippen LogP contribution in [0.1, 0.15) is 132 Å². The van der Waals surface area contributed by atoms with E-state index in [4.69, 9.17) is 20.1 Å². The number of carboxylic acids is 2. The van der Waals surface area contributed by atoms with E-state index in [1.807, 2.05) is 0 Å². The van der Waals surface area contributed by atoms with Crippen molar-refractivity contribution in [3.63, 3.8) is 0 Å². The molecule has 0 aromatic rings. The molecule has 5 aliphatic rings. The number of amides is 5. The van der Waals surface area contributed by atoms with Gasteiger partial charge in [0.2, 0.25) is 29.5 Å². The first-order chi connectivity index (χ1) is 27.6. The molecule has 5 fully saturated rings. The molecule has 0 unspecified atom stereocenters. The van der Waals surface area contributed by atoms with Crippen LogP contribution >= 0.6 is 0 Å². The number of carboxylic acid groups (broad SMARTS) is 2. The predicted octanol–water partition coefficient (Wildman–Crippen LogP) is 2.13. The predicted molar refractivity (Wildman–Crippen MR) is 218 cm³/mol. The molecular weight excluding hydrogens is 763 g/mol. The van der Waals surface area contributed by atoms with Crippen LogP contribution in [0.2, 0.25) is 0 Å². The Hall–Kier alpha value is -3.77. The maximum absolute atomic E-state index is 14.3. The Kier molecular flexibility index (Phi) is 16.4. The molecule has 5 rings (SSSR count). The second-order valence-electron chi connectivity index (χ2n) is 18.6. The van der Waals surface area contributed by atoms with E-state index in [1.54, 1.807) is 27.7 Å². The van der Waals surface area contributed by atoms with Gasteiger partial charge in [-0.3, -0.25) is 33.6 Å². The highest BCUT2D eigenvalue weighted by molar-refractivity contribution is 6.48. The van der Waals surface area contributed by atoms with E-state index < -0.39 is 109 Å². The van der Waals surface area contributed by atoms with Gasteiger partial charge in [0.05, 0.1) is 30.1 Å². The Morgan fingerprint density at radius 2 is 1.49 bits per heavy atom. The molecule has 3 saturated carbocycles. The molecule has 2 bridgehead atoms. The lowest BCUT2D eigenvalue weighted by Crippen LogP contribution is -2.65. The van der Waals surface area contributed by atoms with Crippen molar-refractivity contribution in [2.75, 3.05) is 6.54 Å². The summed E-state index contributed by atoms with van der Waals surface area (Å²) >= 11 is 0. The lowest BCUT2D eigenvalue weighted by atomic mass is 9.43. The lowest BCUT2D eigenvalue weighted by molar-refractivity contribution is -0.199. The summed E-state index contributed by atoms with van der Waals surface area (Å²) in [4.78, 5) is 92.4. The smallest absolute Gasteiger partial charge is 0.481 e. The quantitative estimate of drug-likeness (QED) is 0.0612. The number of aliphatic carboxylic acids is 2. The third-order valence-electron chi connectivity index (χ3n) is 13.3. The molecule has 18 heteroatoms. The summed E-state index contributed by atoms with van der Waals surface area (Å²) in [6.45, 7) is 16.1. The second-order valence-corrected chi connectivity index (χ2v) is 18.6. The van der Waals surface area contributed by atoms with Crippen LogP contribution in [0.25, 0.3) is 0 Å². The van der Waals surface area contributed by atoms with Crippen molar-refractivity contribution in [2.24, 2.45) is 34.8 Å². The molecule has 0 aromatic carbocycles. The summed E-state index contributed by atoms with van der Waals surface area (Å²) in [6, 6.07) is -6.00. The number of likely N-dealkylation sites (tertiary alicyclic amines) is 1. The topological polar surface area (TPSA) is 256 Å². The lowest BCUT2D eigenvalue weighted by Gasteiger charge is -2.64. The van der Waals surface area contributed by atoms with E-state index in [2.05, 4.69) is 49.0 Å². The minimum absolute atomic E-state index is 0.0461. The van der Waals surface area contributed by atoms with Crippen LogP contribution in [0.15, 0.2) is 0 Å². The van der Waals surface area contributed by atoms with Gasteiger partial charge in [0.15, 0.2) is 0 Å². The third kappa shape index (κ3) is 11.3. The standard InChI is InChI=1S/C41H69BN6O11/c1-9-10-11-12-15-30(42-58-29-20-24-19-28(40(24,6)7)41(29,8)59-42)45-37(55)27-14-13-18-48(27)39(57)34(23(4)5)47-38(56)33(22(2)3)46-36(54)26(16-17-31(49)50)44-35(53)25(43)21-32(51)52/h22-30,33-34H,9-21,43H2,1-8H3,(H,44,53)(H,45,55)(H,46,54)(H,47,56)(H,49,50)(H,51,52)/t24-,25-,26-,27+,28-,29+,30-,33-,34-,41-/m0/s1. The van der Waals surface area contributed by atoms with Crippen molar-refractivity contribution in [3.8, 4) is 0 Å². The highest BCUT2D eigenvalue weighted by Crippen LogP contribution is 2.65. The summed E-state index contributed by atoms with van der Waals surface area (Å²) in [5.41, 5.74) is 5.38. The minimum Gasteiger partial charge on any atom is -0.481 e. The molecule has 17 nitrogen and oxygen atoms in total. The molecule has 0 radical (unpaired) electrons. The van der Waals surface area contributed by atoms with Crippen LogP contribution in [-0.4, -0.2) is 118 Å². The number of unbranched alkanes of at least 4 members (excludes halogenated alkanes) is 3. The number of nitrogens with one attached hydrogen (secondary N) is 4. The number of hydrogen-bond acceptors (Lipinski definition) is 10. The van der Waals surface area contributed by atoms with Crippen molar-refractivity contribution >= 4 is 48.6 Å². The van der Waals surface area contributed by atoms with Gasteiger partial charge in [-0.05, 0) is 74.5 Å². The molecule has 0 spiro atoms. The monoisotopic (exact) mass is 833 g/mol. The molecule has 2 saturated heterocycles. The zero-order valence-corrected chi connectivity index (χ0v) is 36.2. The minimum atomic E-state index is -1.50. The first-order valence-corrected chi connectivity index (χ1v) is 21.7. The fourth-order valence-electron chi connectivity index (χ4n) is 9.54. The van der Waals surface area contributed by atoms with Crippen LogP contribution < -0.4 is 27.0 Å². The van der Waals surface area contributed by atoms with E-state index in [1.165, 1.54) is 4.90 Å². The first-order valence-electron chi connectivity index (χ1n) is 21.7. The highest BCUT2D eigenvalue weighted by Gasteiger charge is 2.68. The highest BCUT2D eigenvalue weighted by atomic mass is 16.7. The van der Waals surface area contributed by atoms with Gasteiger partial charge in [-0.25, -0.2) is 0 Å². The average molecular weight is 833 g/mol. The first kappa shape index (κ1) is 47.9. The maximum atomic E-state index is 14.3. The summed E-state index contributed by atoms with van der Waals surface area (Å²) < 4.78 is 13.4. The summed E-state index contributed by atoms with van der Waals surface area (Å²) in [5, 5.41) is 29.2. The summed E-state index contributed by atoms with van der Waals surface area (Å²) in [6.07, 6.45) is 6.12. The van der Waals surface area contributed by atoms with E-state index in [0.717, 1.165) is 38.5 Å². The van der Waals surface area contributed by atoms with Crippen molar-refractivity contribution in [2.45, 2.75) is 180 Å². The summed E-state index contributed by atoms with van der Waals surface area (Å²) in [5.74, 6) is -6.26. The molecule has 3 aliphatic carbocycles. The zero-order valence-electron chi connectivity index (χ0n) is 36.2. The van der Waals surface area contributed by atoms with E-state index in [0.29, 0.717) is 37.6 Å². The van der Waals surface area contributed by atoms with Gasteiger partial charge < -0.3 is 51.4 Å². The molecule has 0 aromatic heterocycles. The van der Waals surface area contributed by atoms with Gasteiger partial charge in [0, 0.05) is 13.0 Å². The van der Waals surface area contributed by atoms with E-state index >= 15 is 0 Å². The van der Waals surface area contributed by atoms with Gasteiger partial charge in [0.1, 0.15) is 24.2 Å². The molecule has 2 aliphatic heterocycles. The normalized spacial score (nSPS) is 26.8. The number of rotatable bonds is 22. The Balaban J connectivity index is 1.45. The van der Waals surface area contributed by atoms with E-state index in [9.17, 15) is 38.7 Å². The van der Waals surface area contributed by atoms with Crippen molar-refractivity contribution in [1.82, 2.24) is 26.2 Å². The molecule has 10 atom stereocenters. The fraction of sp³-hybridized carbons (Fsp3) is 0.829. The Labute approximate surface area is 348 Å². The van der Waals surface area contributed by atoms with Gasteiger partial charge >= 0.3 is 19.1 Å². The largest absolute Gasteiger partial charge is 0.481 e. The molecule has 332 valence electrons. The van der Waals surface area contributed by atoms with E-state index in [-0.39, 0.29) is 23.8 Å². The molecule has 5 amide bonds. The number of nitrogens with zero attached hydrogens (tertiary/aromatic N) is 1. The Bertz CT molecular complexity index is 1560. The van der Waals surface area contributed by atoms with Crippen molar-refractivity contribution in [3.05, 3.63) is 0 Å². The van der Waals surface area contributed by atoms with Crippen LogP contribution in [0.4, 0.5) is 0 Å². The molecular formula is C41H69BN6O11. The van der Waals surface area contributed by atoms with Crippen LogP contribution in [-0.2, 0) is 42.9 Å². The van der Waals surface area contributed by atoms with Crippen LogP contribution in [0, 0.1) is 29.1 Å². The Morgan fingerprint density at radius 1 is 0.831 bits per heavy atom. The van der Waals surface area contributed by atoms with Gasteiger partial charge in [0.25, 0.3) is 0 Å². The molecule has 59 heavy (non-hydrogen) atoms. The Morgan fingerprint density at radius 3 is 2.08 bits per heavy atom.